The summed E-state index contributed by atoms with van der Waals surface area (Å²) < 4.78 is 2.43. The van der Waals surface area contributed by atoms with Gasteiger partial charge in [0.15, 0.2) is 0 Å². The topological polar surface area (TPSA) is 8.17 Å². The molecule has 0 spiro atoms. The fraction of sp³-hybridized carbons (Fsp3) is 0.200. The molecule has 1 saturated carbocycles. The number of rotatable bonds is 6. The van der Waals surface area contributed by atoms with Gasteiger partial charge in [0.25, 0.3) is 0 Å². The zero-order valence-electron chi connectivity index (χ0n) is 36.3. The van der Waals surface area contributed by atoms with Gasteiger partial charge < -0.3 is 9.47 Å². The average molecular weight is 801 g/mol. The molecule has 0 saturated heterocycles. The third-order valence-electron chi connectivity index (χ3n) is 15.0. The smallest absolute Gasteiger partial charge is 0.0561 e. The highest BCUT2D eigenvalue weighted by molar-refractivity contribution is 6.10. The second-order valence-electron chi connectivity index (χ2n) is 19.2. The highest BCUT2D eigenvalue weighted by atomic mass is 15.1. The molecule has 1 fully saturated rings. The highest BCUT2D eigenvalue weighted by Crippen LogP contribution is 2.53. The fourth-order valence-corrected chi connectivity index (χ4v) is 11.7. The summed E-state index contributed by atoms with van der Waals surface area (Å²) in [7, 11) is 0. The predicted molar refractivity (Wildman–Crippen MR) is 262 cm³/mol. The molecule has 12 rings (SSSR count). The van der Waals surface area contributed by atoms with Crippen LogP contribution in [0.3, 0.4) is 0 Å². The number of hydrogen-bond donors (Lipinski definition) is 0. The van der Waals surface area contributed by atoms with Crippen molar-refractivity contribution in [3.8, 4) is 39.1 Å². The maximum absolute atomic E-state index is 2.49. The number of hydrogen-bond acceptors (Lipinski definition) is 1. The number of para-hydroxylation sites is 2. The third kappa shape index (κ3) is 5.62. The van der Waals surface area contributed by atoms with E-state index in [9.17, 15) is 0 Å². The van der Waals surface area contributed by atoms with Crippen LogP contribution in [0.5, 0.6) is 0 Å². The molecule has 9 aromatic rings. The molecule has 0 aliphatic heterocycles. The molecule has 0 bridgehead atoms. The van der Waals surface area contributed by atoms with E-state index in [0.717, 1.165) is 5.69 Å². The standard InChI is InChI=1S/C60H52N2/c1-59(2)53-21-13-11-19-47(53)51-35-41(25-33-54(51)59)42-26-34-55-52(36-42)48-31-29-45(37-56(48)60(55,3)4)61(44-27-23-40(24-28-44)39-15-7-5-8-16-39)46-30-32-50-49-20-12-14-22-57(49)62(58(50)38-46)43-17-9-6-10-18-43/h6,9-14,17-39H,5,7-8,15-16H2,1-4H3. The monoisotopic (exact) mass is 800 g/mol. The lowest BCUT2D eigenvalue weighted by molar-refractivity contribution is 0.443. The number of benzene rings is 8. The van der Waals surface area contributed by atoms with Gasteiger partial charge in [0.05, 0.1) is 11.0 Å². The van der Waals surface area contributed by atoms with Crippen molar-refractivity contribution in [1.82, 2.24) is 4.57 Å². The van der Waals surface area contributed by atoms with Gasteiger partial charge >= 0.3 is 0 Å². The second kappa shape index (κ2) is 13.9. The maximum Gasteiger partial charge on any atom is 0.0561 e. The Morgan fingerprint density at radius 3 is 1.73 bits per heavy atom. The van der Waals surface area contributed by atoms with Gasteiger partial charge in [0.1, 0.15) is 0 Å². The Labute approximate surface area is 366 Å². The predicted octanol–water partition coefficient (Wildman–Crippen LogP) is 16.6. The molecule has 0 N–H and O–H groups in total. The Morgan fingerprint density at radius 1 is 0.419 bits per heavy atom. The first-order valence-corrected chi connectivity index (χ1v) is 22.8. The van der Waals surface area contributed by atoms with E-state index in [4.69, 9.17) is 0 Å². The van der Waals surface area contributed by atoms with Gasteiger partial charge in [-0.2, -0.15) is 0 Å². The lowest BCUT2D eigenvalue weighted by atomic mass is 9.81. The molecule has 0 radical (unpaired) electrons. The van der Waals surface area contributed by atoms with Gasteiger partial charge in [-0.05, 0) is 147 Å². The SMILES string of the molecule is CC1(C)c2ccccc2-c2cc(-c3ccc4c(c3)-c3ccc(N(c5ccc(C6CCCCC6)cc5)c5ccc6c7ccccc7n(-c7ccccc7)c6c5)cc3C4(C)C)ccc21. The van der Waals surface area contributed by atoms with Crippen LogP contribution in [0.4, 0.5) is 17.1 Å². The van der Waals surface area contributed by atoms with Crippen molar-refractivity contribution in [3.05, 3.63) is 204 Å². The Bertz CT molecular complexity index is 3210. The molecular formula is C60H52N2. The van der Waals surface area contributed by atoms with Crippen LogP contribution in [0.2, 0.25) is 0 Å². The minimum absolute atomic E-state index is 0.000437. The first kappa shape index (κ1) is 37.1. The molecule has 62 heavy (non-hydrogen) atoms. The zero-order valence-corrected chi connectivity index (χ0v) is 36.3. The second-order valence-corrected chi connectivity index (χ2v) is 19.2. The Morgan fingerprint density at radius 2 is 0.984 bits per heavy atom. The molecule has 0 atom stereocenters. The largest absolute Gasteiger partial charge is 0.310 e. The average Bonchev–Trinajstić information content (AvgIpc) is 3.86. The number of fused-ring (bicyclic) bond motifs is 9. The van der Waals surface area contributed by atoms with Crippen LogP contribution < -0.4 is 4.90 Å². The minimum atomic E-state index is -0.166. The minimum Gasteiger partial charge on any atom is -0.310 e. The number of aromatic nitrogens is 1. The van der Waals surface area contributed by atoms with E-state index < -0.39 is 0 Å². The van der Waals surface area contributed by atoms with E-state index >= 15 is 0 Å². The van der Waals surface area contributed by atoms with Crippen molar-refractivity contribution < 1.29 is 0 Å². The molecule has 2 nitrogen and oxygen atoms in total. The van der Waals surface area contributed by atoms with E-state index in [1.165, 1.54) is 132 Å². The normalized spacial score (nSPS) is 15.9. The van der Waals surface area contributed by atoms with E-state index in [0.29, 0.717) is 5.92 Å². The quantitative estimate of drug-likeness (QED) is 0.163. The lowest BCUT2D eigenvalue weighted by Crippen LogP contribution is -2.16. The van der Waals surface area contributed by atoms with E-state index in [-0.39, 0.29) is 10.8 Å². The van der Waals surface area contributed by atoms with Gasteiger partial charge in [-0.15, -0.1) is 0 Å². The van der Waals surface area contributed by atoms with Crippen LogP contribution >= 0.6 is 0 Å². The molecule has 302 valence electrons. The van der Waals surface area contributed by atoms with Crippen LogP contribution in [0, 0.1) is 0 Å². The summed E-state index contributed by atoms with van der Waals surface area (Å²) >= 11 is 0. The molecule has 3 aliphatic rings. The van der Waals surface area contributed by atoms with Gasteiger partial charge in [-0.1, -0.05) is 156 Å². The summed E-state index contributed by atoms with van der Waals surface area (Å²) in [5.74, 6) is 0.660. The van der Waals surface area contributed by atoms with E-state index in [1.54, 1.807) is 0 Å². The summed E-state index contributed by atoms with van der Waals surface area (Å²) in [5.41, 5.74) is 21.9. The van der Waals surface area contributed by atoms with Gasteiger partial charge in [0.2, 0.25) is 0 Å². The zero-order chi connectivity index (χ0) is 41.7. The first-order chi connectivity index (χ1) is 30.3. The van der Waals surface area contributed by atoms with Crippen molar-refractivity contribution in [2.75, 3.05) is 4.90 Å². The van der Waals surface area contributed by atoms with Crippen molar-refractivity contribution >= 4 is 38.9 Å². The summed E-state index contributed by atoms with van der Waals surface area (Å²) in [5, 5.41) is 2.53. The van der Waals surface area contributed by atoms with Crippen LogP contribution in [0.1, 0.15) is 93.5 Å². The van der Waals surface area contributed by atoms with Crippen LogP contribution in [0.25, 0.3) is 60.9 Å². The van der Waals surface area contributed by atoms with Crippen LogP contribution in [-0.4, -0.2) is 4.57 Å². The van der Waals surface area contributed by atoms with E-state index in [2.05, 4.69) is 213 Å². The molecule has 0 unspecified atom stereocenters. The number of nitrogens with zero attached hydrogens (tertiary/aromatic N) is 2. The van der Waals surface area contributed by atoms with Crippen molar-refractivity contribution in [1.29, 1.82) is 0 Å². The van der Waals surface area contributed by atoms with Crippen molar-refractivity contribution in [2.45, 2.75) is 76.5 Å². The number of anilines is 3. The van der Waals surface area contributed by atoms with Gasteiger partial charge in [-0.3, -0.25) is 0 Å². The first-order valence-electron chi connectivity index (χ1n) is 22.8. The highest BCUT2D eigenvalue weighted by Gasteiger charge is 2.38. The molecule has 1 heterocycles. The van der Waals surface area contributed by atoms with Crippen LogP contribution in [0.15, 0.2) is 176 Å². The lowest BCUT2D eigenvalue weighted by Gasteiger charge is -2.29. The molecule has 0 amide bonds. The Balaban J connectivity index is 0.988. The van der Waals surface area contributed by atoms with Crippen molar-refractivity contribution in [3.63, 3.8) is 0 Å². The van der Waals surface area contributed by atoms with E-state index in [1.807, 2.05) is 0 Å². The van der Waals surface area contributed by atoms with Crippen molar-refractivity contribution in [2.24, 2.45) is 0 Å². The molecule has 1 aromatic heterocycles. The Kier molecular flexibility index (Phi) is 8.35. The summed E-state index contributed by atoms with van der Waals surface area (Å²) in [6.07, 6.45) is 6.63. The Hall–Kier alpha value is -6.64. The molecule has 3 aliphatic carbocycles. The fourth-order valence-electron chi connectivity index (χ4n) is 11.7. The van der Waals surface area contributed by atoms with Gasteiger partial charge in [-0.25, -0.2) is 0 Å². The molecule has 2 heteroatoms. The third-order valence-corrected chi connectivity index (χ3v) is 15.0. The molecular weight excluding hydrogens is 749 g/mol. The summed E-state index contributed by atoms with van der Waals surface area (Å²) in [4.78, 5) is 2.49. The maximum atomic E-state index is 2.49. The van der Waals surface area contributed by atoms with Crippen LogP contribution in [-0.2, 0) is 10.8 Å². The summed E-state index contributed by atoms with van der Waals surface area (Å²) in [6.45, 7) is 9.53. The summed E-state index contributed by atoms with van der Waals surface area (Å²) in [6, 6.07) is 66.8. The van der Waals surface area contributed by atoms with Gasteiger partial charge in [0, 0.05) is 44.4 Å². The molecule has 8 aromatic carbocycles.